The summed E-state index contributed by atoms with van der Waals surface area (Å²) in [5.74, 6) is -0.235. The maximum Gasteiger partial charge on any atom is 0.261 e. The number of carbonyl (C=O) groups excluding carboxylic acids is 1. The Morgan fingerprint density at radius 3 is 2.24 bits per heavy atom. The number of hydrogen-bond acceptors (Lipinski definition) is 4. The maximum absolute atomic E-state index is 12.5. The molecule has 2 aromatic carbocycles. The van der Waals surface area contributed by atoms with Crippen molar-refractivity contribution in [2.45, 2.75) is 18.7 Å². The van der Waals surface area contributed by atoms with E-state index in [0.29, 0.717) is 24.3 Å². The highest BCUT2D eigenvalue weighted by atomic mass is 32.2. The van der Waals surface area contributed by atoms with Gasteiger partial charge in [0.05, 0.1) is 4.90 Å². The predicted molar refractivity (Wildman–Crippen MR) is 99.4 cm³/mol. The van der Waals surface area contributed by atoms with Gasteiger partial charge in [-0.3, -0.25) is 9.52 Å². The average molecular weight is 361 g/mol. The van der Waals surface area contributed by atoms with Crippen LogP contribution in [0.25, 0.3) is 0 Å². The van der Waals surface area contributed by atoms with Gasteiger partial charge in [0.15, 0.2) is 0 Å². The third-order valence-corrected chi connectivity index (χ3v) is 5.24. The van der Waals surface area contributed by atoms with Gasteiger partial charge < -0.3 is 10.6 Å². The maximum atomic E-state index is 12.5. The van der Waals surface area contributed by atoms with Crippen LogP contribution in [-0.4, -0.2) is 34.5 Å². The van der Waals surface area contributed by atoms with Crippen LogP contribution in [0.2, 0.25) is 0 Å². The van der Waals surface area contributed by atoms with Crippen LogP contribution in [0.15, 0.2) is 47.4 Å². The summed E-state index contributed by atoms with van der Waals surface area (Å²) in [7, 11) is -1.90. The fourth-order valence-electron chi connectivity index (χ4n) is 2.21. The Kier molecular flexibility index (Phi) is 6.17. The highest BCUT2D eigenvalue weighted by Crippen LogP contribution is 2.19. The van der Waals surface area contributed by atoms with Gasteiger partial charge in [0, 0.05) is 24.3 Å². The van der Waals surface area contributed by atoms with E-state index in [1.165, 1.54) is 24.3 Å². The fraction of sp³-hybridized carbons (Fsp3) is 0.278. The van der Waals surface area contributed by atoms with Crippen LogP contribution in [0.4, 0.5) is 5.69 Å². The number of rotatable bonds is 7. The monoisotopic (exact) mass is 361 g/mol. The van der Waals surface area contributed by atoms with E-state index >= 15 is 0 Å². The Hall–Kier alpha value is -2.38. The Labute approximate surface area is 148 Å². The van der Waals surface area contributed by atoms with Crippen molar-refractivity contribution in [2.24, 2.45) is 0 Å². The van der Waals surface area contributed by atoms with Gasteiger partial charge in [0.1, 0.15) is 0 Å². The second-order valence-corrected chi connectivity index (χ2v) is 7.47. The lowest BCUT2D eigenvalue weighted by Crippen LogP contribution is -2.30. The number of carbonyl (C=O) groups is 1. The molecule has 6 nitrogen and oxygen atoms in total. The van der Waals surface area contributed by atoms with E-state index in [0.717, 1.165) is 11.1 Å². The Bertz CT molecular complexity index is 846. The van der Waals surface area contributed by atoms with E-state index in [1.807, 2.05) is 19.9 Å². The largest absolute Gasteiger partial charge is 0.351 e. The van der Waals surface area contributed by atoms with Crippen LogP contribution in [-0.2, 0) is 10.0 Å². The first-order chi connectivity index (χ1) is 11.8. The van der Waals surface area contributed by atoms with Gasteiger partial charge in [-0.2, -0.15) is 0 Å². The topological polar surface area (TPSA) is 87.3 Å². The normalized spacial score (nSPS) is 11.2. The van der Waals surface area contributed by atoms with Crippen LogP contribution in [0.1, 0.15) is 21.5 Å². The van der Waals surface area contributed by atoms with Crippen molar-refractivity contribution in [2.75, 3.05) is 24.9 Å². The van der Waals surface area contributed by atoms with Gasteiger partial charge in [-0.25, -0.2) is 8.42 Å². The van der Waals surface area contributed by atoms with Gasteiger partial charge >= 0.3 is 0 Å². The fourth-order valence-corrected chi connectivity index (χ4v) is 3.26. The zero-order valence-electron chi connectivity index (χ0n) is 14.6. The molecule has 1 amide bonds. The number of benzene rings is 2. The minimum atomic E-state index is -3.70. The van der Waals surface area contributed by atoms with E-state index in [2.05, 4.69) is 15.4 Å². The summed E-state index contributed by atoms with van der Waals surface area (Å²) in [6.45, 7) is 5.06. The summed E-state index contributed by atoms with van der Waals surface area (Å²) in [4.78, 5) is 12.0. The minimum absolute atomic E-state index is 0.109. The molecular formula is C18H23N3O3S. The summed E-state index contributed by atoms with van der Waals surface area (Å²) < 4.78 is 27.5. The van der Waals surface area contributed by atoms with Crippen LogP contribution in [0.5, 0.6) is 0 Å². The smallest absolute Gasteiger partial charge is 0.261 e. The van der Waals surface area contributed by atoms with E-state index in [1.54, 1.807) is 19.2 Å². The van der Waals surface area contributed by atoms with E-state index in [9.17, 15) is 13.2 Å². The zero-order chi connectivity index (χ0) is 18.4. The van der Waals surface area contributed by atoms with Gasteiger partial charge in [0.25, 0.3) is 15.9 Å². The van der Waals surface area contributed by atoms with Crippen molar-refractivity contribution < 1.29 is 13.2 Å². The van der Waals surface area contributed by atoms with Crippen molar-refractivity contribution in [3.8, 4) is 0 Å². The van der Waals surface area contributed by atoms with Crippen molar-refractivity contribution in [1.29, 1.82) is 0 Å². The molecule has 25 heavy (non-hydrogen) atoms. The summed E-state index contributed by atoms with van der Waals surface area (Å²) in [5, 5.41) is 5.67. The lowest BCUT2D eigenvalue weighted by molar-refractivity contribution is 0.0954. The molecular weight excluding hydrogens is 338 g/mol. The molecule has 3 N–H and O–H groups in total. The molecule has 0 aliphatic heterocycles. The molecule has 0 heterocycles. The Morgan fingerprint density at radius 1 is 0.960 bits per heavy atom. The lowest BCUT2D eigenvalue weighted by atomic mass is 10.1. The summed E-state index contributed by atoms with van der Waals surface area (Å²) in [6, 6.07) is 11.2. The number of nitrogens with one attached hydrogen (secondary N) is 3. The first kappa shape index (κ1) is 19.0. The average Bonchev–Trinajstić information content (AvgIpc) is 2.58. The quantitative estimate of drug-likeness (QED) is 0.659. The van der Waals surface area contributed by atoms with Crippen molar-refractivity contribution in [3.63, 3.8) is 0 Å². The van der Waals surface area contributed by atoms with Gasteiger partial charge in [0.2, 0.25) is 0 Å². The number of aryl methyl sites for hydroxylation is 2. The second kappa shape index (κ2) is 8.13. The zero-order valence-corrected chi connectivity index (χ0v) is 15.4. The van der Waals surface area contributed by atoms with Crippen LogP contribution in [0, 0.1) is 13.8 Å². The molecule has 134 valence electrons. The third kappa shape index (κ3) is 5.04. The van der Waals surface area contributed by atoms with Crippen LogP contribution >= 0.6 is 0 Å². The highest BCUT2D eigenvalue weighted by Gasteiger charge is 2.15. The number of likely N-dealkylation sites (N-methyl/N-ethyl adjacent to an activating group) is 1. The van der Waals surface area contributed by atoms with Crippen LogP contribution < -0.4 is 15.4 Å². The standard InChI is InChI=1S/C18H23N3O3S/c1-13-4-7-16(12-14(13)2)21-25(23,24)17-8-5-15(6-9-17)18(22)20-11-10-19-3/h4-9,12,19,21H,10-11H2,1-3H3,(H,20,22). The summed E-state index contributed by atoms with van der Waals surface area (Å²) >= 11 is 0. The Morgan fingerprint density at radius 2 is 1.64 bits per heavy atom. The molecule has 0 bridgehead atoms. The second-order valence-electron chi connectivity index (χ2n) is 5.79. The SMILES string of the molecule is CNCCNC(=O)c1ccc(S(=O)(=O)Nc2ccc(C)c(C)c2)cc1. The Balaban J connectivity index is 2.11. The summed E-state index contributed by atoms with van der Waals surface area (Å²) in [6.07, 6.45) is 0. The van der Waals surface area contributed by atoms with Gasteiger partial charge in [-0.1, -0.05) is 6.07 Å². The molecule has 0 aliphatic carbocycles. The number of hydrogen-bond donors (Lipinski definition) is 3. The van der Waals surface area contributed by atoms with Crippen molar-refractivity contribution in [3.05, 3.63) is 59.2 Å². The molecule has 0 atom stereocenters. The summed E-state index contributed by atoms with van der Waals surface area (Å²) in [5.41, 5.74) is 3.03. The first-order valence-electron chi connectivity index (χ1n) is 7.96. The number of anilines is 1. The van der Waals surface area contributed by atoms with E-state index in [-0.39, 0.29) is 10.8 Å². The molecule has 7 heteroatoms. The van der Waals surface area contributed by atoms with Gasteiger partial charge in [-0.05, 0) is 68.4 Å². The number of amides is 1. The molecule has 0 saturated heterocycles. The molecule has 0 spiro atoms. The minimum Gasteiger partial charge on any atom is -0.351 e. The molecule has 2 rings (SSSR count). The number of sulfonamides is 1. The predicted octanol–water partition coefficient (Wildman–Crippen LogP) is 2.05. The molecule has 2 aromatic rings. The molecule has 0 unspecified atom stereocenters. The molecule has 0 radical (unpaired) electrons. The highest BCUT2D eigenvalue weighted by molar-refractivity contribution is 7.92. The third-order valence-electron chi connectivity index (χ3n) is 3.85. The van der Waals surface area contributed by atoms with E-state index in [4.69, 9.17) is 0 Å². The molecule has 0 aliphatic rings. The molecule has 0 saturated carbocycles. The van der Waals surface area contributed by atoms with E-state index < -0.39 is 10.0 Å². The van der Waals surface area contributed by atoms with Crippen molar-refractivity contribution in [1.82, 2.24) is 10.6 Å². The molecule has 0 fully saturated rings. The van der Waals surface area contributed by atoms with Gasteiger partial charge in [-0.15, -0.1) is 0 Å². The van der Waals surface area contributed by atoms with Crippen molar-refractivity contribution >= 4 is 21.6 Å². The lowest BCUT2D eigenvalue weighted by Gasteiger charge is -2.10. The molecule has 0 aromatic heterocycles. The first-order valence-corrected chi connectivity index (χ1v) is 9.45. The van der Waals surface area contributed by atoms with Crippen LogP contribution in [0.3, 0.4) is 0 Å².